The minimum absolute atomic E-state index is 0.0997. The second-order valence-corrected chi connectivity index (χ2v) is 3.78. The van der Waals surface area contributed by atoms with Crippen LogP contribution in [0.4, 0.5) is 17.6 Å². The molecule has 0 atom stereocenters. The van der Waals surface area contributed by atoms with Crippen LogP contribution in [-0.2, 0) is 0 Å². The predicted molar refractivity (Wildman–Crippen MR) is 70.2 cm³/mol. The number of nitrogens with one attached hydrogen (secondary N) is 1. The molecule has 1 rings (SSSR count). The first kappa shape index (κ1) is 13.5. The zero-order chi connectivity index (χ0) is 12.7. The quantitative estimate of drug-likeness (QED) is 0.649. The third-order valence-corrected chi connectivity index (χ3v) is 2.46. The number of aromatic nitrogens is 2. The van der Waals surface area contributed by atoms with E-state index in [9.17, 15) is 0 Å². The molecule has 1 aromatic heterocycles. The van der Waals surface area contributed by atoms with Crippen LogP contribution in [0.25, 0.3) is 0 Å². The zero-order valence-corrected chi connectivity index (χ0v) is 10.5. The first-order chi connectivity index (χ1) is 8.21. The molecule has 96 valence electrons. The lowest BCUT2D eigenvalue weighted by atomic mass is 10.3. The Morgan fingerprint density at radius 3 is 2.76 bits per heavy atom. The topological polar surface area (TPSA) is 87.3 Å². The van der Waals surface area contributed by atoms with Crippen molar-refractivity contribution in [2.45, 2.75) is 19.8 Å². The summed E-state index contributed by atoms with van der Waals surface area (Å²) in [4.78, 5) is 10.3. The van der Waals surface area contributed by atoms with Gasteiger partial charge < -0.3 is 21.1 Å². The molecule has 1 aromatic rings. The molecule has 0 saturated heterocycles. The lowest BCUT2D eigenvalue weighted by Crippen LogP contribution is -2.29. The van der Waals surface area contributed by atoms with Crippen LogP contribution in [0.2, 0.25) is 0 Å². The minimum atomic E-state index is 0.0997. The van der Waals surface area contributed by atoms with E-state index in [4.69, 9.17) is 10.8 Å². The fourth-order valence-electron chi connectivity index (χ4n) is 1.55. The average Bonchev–Trinajstić information content (AvgIpc) is 2.33. The number of aliphatic hydroxyl groups excluding tert-OH is 1. The van der Waals surface area contributed by atoms with E-state index in [-0.39, 0.29) is 12.6 Å². The Morgan fingerprint density at radius 1 is 1.41 bits per heavy atom. The van der Waals surface area contributed by atoms with E-state index in [0.717, 1.165) is 25.2 Å². The van der Waals surface area contributed by atoms with Gasteiger partial charge in [-0.1, -0.05) is 13.3 Å². The first-order valence-electron chi connectivity index (χ1n) is 5.89. The Bertz CT molecular complexity index is 345. The van der Waals surface area contributed by atoms with Gasteiger partial charge in [-0.15, -0.1) is 0 Å². The van der Waals surface area contributed by atoms with E-state index in [2.05, 4.69) is 22.2 Å². The van der Waals surface area contributed by atoms with Crippen LogP contribution in [0.3, 0.4) is 0 Å². The monoisotopic (exact) mass is 239 g/mol. The van der Waals surface area contributed by atoms with Gasteiger partial charge in [0.15, 0.2) is 0 Å². The maximum Gasteiger partial charge on any atom is 0.223 e. The summed E-state index contributed by atoms with van der Waals surface area (Å²) >= 11 is 0. The highest BCUT2D eigenvalue weighted by molar-refractivity contribution is 5.52. The fourth-order valence-corrected chi connectivity index (χ4v) is 1.55. The van der Waals surface area contributed by atoms with Gasteiger partial charge in [-0.25, -0.2) is 0 Å². The van der Waals surface area contributed by atoms with Gasteiger partial charge >= 0.3 is 0 Å². The van der Waals surface area contributed by atoms with Crippen LogP contribution < -0.4 is 16.0 Å². The zero-order valence-electron chi connectivity index (χ0n) is 10.5. The van der Waals surface area contributed by atoms with Gasteiger partial charge in [-0.2, -0.15) is 9.97 Å². The molecule has 0 fully saturated rings. The minimum Gasteiger partial charge on any atom is -0.395 e. The number of hydrogen-bond donors (Lipinski definition) is 3. The summed E-state index contributed by atoms with van der Waals surface area (Å²) in [6.45, 7) is 3.64. The van der Waals surface area contributed by atoms with Gasteiger partial charge in [-0.05, 0) is 6.42 Å². The second kappa shape index (κ2) is 6.90. The van der Waals surface area contributed by atoms with Gasteiger partial charge in [0.05, 0.1) is 6.61 Å². The maximum absolute atomic E-state index is 9.06. The molecule has 1 heterocycles. The van der Waals surface area contributed by atoms with Crippen LogP contribution in [0.5, 0.6) is 0 Å². The smallest absolute Gasteiger partial charge is 0.223 e. The molecule has 0 spiro atoms. The predicted octanol–water partition coefficient (Wildman–Crippen LogP) is 0.699. The third kappa shape index (κ3) is 4.07. The lowest BCUT2D eigenvalue weighted by molar-refractivity contribution is 0.301. The van der Waals surface area contributed by atoms with E-state index < -0.39 is 0 Å². The maximum atomic E-state index is 9.06. The average molecular weight is 239 g/mol. The van der Waals surface area contributed by atoms with Crippen molar-refractivity contribution in [3.63, 3.8) is 0 Å². The first-order valence-corrected chi connectivity index (χ1v) is 5.89. The van der Waals surface area contributed by atoms with E-state index in [1.165, 1.54) is 0 Å². The summed E-state index contributed by atoms with van der Waals surface area (Å²) in [5, 5.41) is 12.0. The molecule has 0 aliphatic rings. The van der Waals surface area contributed by atoms with Crippen LogP contribution >= 0.6 is 0 Å². The number of rotatable bonds is 7. The van der Waals surface area contributed by atoms with Crippen molar-refractivity contribution in [3.05, 3.63) is 6.07 Å². The van der Waals surface area contributed by atoms with Gasteiger partial charge in [0, 0.05) is 26.2 Å². The molecule has 6 heteroatoms. The van der Waals surface area contributed by atoms with Crippen molar-refractivity contribution in [2.24, 2.45) is 0 Å². The normalized spacial score (nSPS) is 10.3. The molecule has 6 nitrogen and oxygen atoms in total. The number of nitrogens with two attached hydrogens (primary N) is 1. The summed E-state index contributed by atoms with van der Waals surface area (Å²) < 4.78 is 0. The van der Waals surface area contributed by atoms with E-state index in [0.29, 0.717) is 12.4 Å². The number of nitrogen functional groups attached to an aromatic ring is 1. The molecular formula is C11H21N5O. The molecule has 4 N–H and O–H groups in total. The van der Waals surface area contributed by atoms with Gasteiger partial charge in [0.2, 0.25) is 5.95 Å². The Morgan fingerprint density at radius 2 is 2.18 bits per heavy atom. The lowest BCUT2D eigenvalue weighted by Gasteiger charge is -2.23. The Hall–Kier alpha value is -1.56. The van der Waals surface area contributed by atoms with Crippen molar-refractivity contribution >= 4 is 17.6 Å². The highest BCUT2D eigenvalue weighted by atomic mass is 16.3. The van der Waals surface area contributed by atoms with Crippen molar-refractivity contribution < 1.29 is 5.11 Å². The summed E-state index contributed by atoms with van der Waals surface area (Å²) in [5.74, 6) is 1.68. The number of nitrogens with zero attached hydrogens (tertiary/aromatic N) is 3. The summed E-state index contributed by atoms with van der Waals surface area (Å²) in [7, 11) is 1.79. The Balaban J connectivity index is 2.87. The number of unbranched alkanes of at least 4 members (excludes halogenated alkanes) is 1. The van der Waals surface area contributed by atoms with Crippen molar-refractivity contribution in [3.8, 4) is 0 Å². The van der Waals surface area contributed by atoms with E-state index in [1.54, 1.807) is 7.05 Å². The molecule has 0 aliphatic heterocycles. The van der Waals surface area contributed by atoms with Crippen LogP contribution in [-0.4, -0.2) is 41.8 Å². The highest BCUT2D eigenvalue weighted by Crippen LogP contribution is 2.17. The van der Waals surface area contributed by atoms with Gasteiger partial charge in [0.25, 0.3) is 0 Å². The Labute approximate surface area is 102 Å². The van der Waals surface area contributed by atoms with Crippen LogP contribution in [0.1, 0.15) is 19.8 Å². The van der Waals surface area contributed by atoms with Crippen molar-refractivity contribution in [1.29, 1.82) is 0 Å². The van der Waals surface area contributed by atoms with Crippen molar-refractivity contribution in [2.75, 3.05) is 42.7 Å². The summed E-state index contributed by atoms with van der Waals surface area (Å²) in [6, 6.07) is 1.84. The second-order valence-electron chi connectivity index (χ2n) is 3.78. The molecule has 0 radical (unpaired) electrons. The molecular weight excluding hydrogens is 218 g/mol. The van der Waals surface area contributed by atoms with E-state index >= 15 is 0 Å². The molecule has 17 heavy (non-hydrogen) atoms. The molecule has 0 unspecified atom stereocenters. The fraction of sp³-hybridized carbons (Fsp3) is 0.636. The molecule has 0 aromatic carbocycles. The largest absolute Gasteiger partial charge is 0.395 e. The summed E-state index contributed by atoms with van der Waals surface area (Å²) in [5.41, 5.74) is 5.65. The molecule has 0 aliphatic carbocycles. The standard InChI is InChI=1S/C11H21N5O/c1-3-4-5-16(6-7-17)10-8-9(13-2)14-11(12)15-10/h8,17H,3-7H2,1-2H3,(H3,12,13,14,15). The Kier molecular flexibility index (Phi) is 5.48. The third-order valence-electron chi connectivity index (χ3n) is 2.46. The summed E-state index contributed by atoms with van der Waals surface area (Å²) in [6.07, 6.45) is 2.15. The molecule has 0 bridgehead atoms. The van der Waals surface area contributed by atoms with E-state index in [1.807, 2.05) is 11.0 Å². The number of aliphatic hydroxyl groups is 1. The number of hydrogen-bond acceptors (Lipinski definition) is 6. The van der Waals surface area contributed by atoms with Gasteiger partial charge in [0.1, 0.15) is 11.6 Å². The van der Waals surface area contributed by atoms with Gasteiger partial charge in [-0.3, -0.25) is 0 Å². The van der Waals surface area contributed by atoms with Crippen LogP contribution in [0.15, 0.2) is 6.07 Å². The highest BCUT2D eigenvalue weighted by Gasteiger charge is 2.09. The molecule has 0 amide bonds. The molecule has 0 saturated carbocycles. The van der Waals surface area contributed by atoms with Crippen molar-refractivity contribution in [1.82, 2.24) is 9.97 Å². The number of anilines is 3. The van der Waals surface area contributed by atoms with Crippen LogP contribution in [0, 0.1) is 0 Å². The SMILES string of the molecule is CCCCN(CCO)c1cc(NC)nc(N)n1.